The maximum atomic E-state index is 13.6. The van der Waals surface area contributed by atoms with Crippen LogP contribution in [0.3, 0.4) is 0 Å². The molecule has 0 spiro atoms. The van der Waals surface area contributed by atoms with E-state index in [9.17, 15) is 9.18 Å². The molecule has 82 valence electrons. The lowest BCUT2D eigenvalue weighted by atomic mass is 9.98. The number of benzene rings is 1. The zero-order valence-electron chi connectivity index (χ0n) is 8.87. The van der Waals surface area contributed by atoms with Crippen molar-refractivity contribution in [3.05, 3.63) is 29.1 Å². The van der Waals surface area contributed by atoms with Gasteiger partial charge in [-0.15, -0.1) is 0 Å². The highest BCUT2D eigenvalue weighted by Gasteiger charge is 2.21. The molecule has 1 N–H and O–H groups in total. The van der Waals surface area contributed by atoms with Crippen molar-refractivity contribution in [2.24, 2.45) is 0 Å². The topological polar surface area (TPSA) is 46.5 Å². The van der Waals surface area contributed by atoms with E-state index in [0.717, 1.165) is 0 Å². The maximum Gasteiger partial charge on any atom is 0.310 e. The predicted molar refractivity (Wildman–Crippen MR) is 53.7 cm³/mol. The fourth-order valence-electron chi connectivity index (χ4n) is 1.35. The fourth-order valence-corrected chi connectivity index (χ4v) is 1.35. The Kier molecular flexibility index (Phi) is 3.29. The number of aryl methyl sites for hydroxylation is 1. The molecule has 1 aromatic carbocycles. The molecule has 0 aliphatic carbocycles. The summed E-state index contributed by atoms with van der Waals surface area (Å²) < 4.78 is 18.5. The molecule has 3 nitrogen and oxygen atoms in total. The molecule has 1 rings (SSSR count). The Hall–Kier alpha value is -1.58. The second kappa shape index (κ2) is 4.29. The number of methoxy groups -OCH3 is 1. The fraction of sp³-hybridized carbons (Fsp3) is 0.364. The Bertz CT molecular complexity index is 388. The zero-order valence-corrected chi connectivity index (χ0v) is 8.87. The van der Waals surface area contributed by atoms with Gasteiger partial charge in [-0.25, -0.2) is 4.39 Å². The second-order valence-corrected chi connectivity index (χ2v) is 3.38. The van der Waals surface area contributed by atoms with Gasteiger partial charge in [0.1, 0.15) is 0 Å². The summed E-state index contributed by atoms with van der Waals surface area (Å²) in [6.45, 7) is 3.10. The second-order valence-electron chi connectivity index (χ2n) is 3.38. The summed E-state index contributed by atoms with van der Waals surface area (Å²) in [6.07, 6.45) is 0. The average molecular weight is 212 g/mol. The number of rotatable bonds is 3. The summed E-state index contributed by atoms with van der Waals surface area (Å²) in [5, 5.41) is 8.84. The molecule has 0 aromatic heterocycles. The highest BCUT2D eigenvalue weighted by atomic mass is 19.1. The highest BCUT2D eigenvalue weighted by molar-refractivity contribution is 5.76. The van der Waals surface area contributed by atoms with Crippen LogP contribution in [0.5, 0.6) is 5.75 Å². The Labute approximate surface area is 87.5 Å². The smallest absolute Gasteiger partial charge is 0.310 e. The first-order chi connectivity index (χ1) is 6.99. The average Bonchev–Trinajstić information content (AvgIpc) is 2.20. The third kappa shape index (κ3) is 2.09. The highest BCUT2D eigenvalue weighted by Crippen LogP contribution is 2.31. The number of ether oxygens (including phenoxy) is 1. The van der Waals surface area contributed by atoms with Crippen molar-refractivity contribution < 1.29 is 19.0 Å². The van der Waals surface area contributed by atoms with Crippen molar-refractivity contribution in [2.75, 3.05) is 7.11 Å². The zero-order chi connectivity index (χ0) is 11.6. The molecule has 0 saturated heterocycles. The number of hydrogen-bond donors (Lipinski definition) is 1. The summed E-state index contributed by atoms with van der Waals surface area (Å²) >= 11 is 0. The molecular weight excluding hydrogens is 199 g/mol. The number of carboxylic acid groups (broad SMARTS) is 1. The van der Waals surface area contributed by atoms with E-state index in [2.05, 4.69) is 0 Å². The molecule has 1 atom stereocenters. The number of carboxylic acids is 1. The van der Waals surface area contributed by atoms with Crippen LogP contribution in [-0.2, 0) is 4.79 Å². The molecule has 4 heteroatoms. The number of hydrogen-bond acceptors (Lipinski definition) is 2. The van der Waals surface area contributed by atoms with Crippen LogP contribution in [0, 0.1) is 12.7 Å². The number of halogens is 1. The van der Waals surface area contributed by atoms with Crippen molar-refractivity contribution in [3.8, 4) is 5.75 Å². The third-order valence-corrected chi connectivity index (χ3v) is 2.36. The van der Waals surface area contributed by atoms with Crippen LogP contribution in [0.1, 0.15) is 24.0 Å². The van der Waals surface area contributed by atoms with Gasteiger partial charge in [0.25, 0.3) is 0 Å². The van der Waals surface area contributed by atoms with Gasteiger partial charge in [0.15, 0.2) is 11.6 Å². The number of aliphatic carboxylic acids is 1. The van der Waals surface area contributed by atoms with Crippen LogP contribution in [0.4, 0.5) is 4.39 Å². The SMILES string of the molecule is COc1c(C(C)C(=O)O)ccc(C)c1F. The van der Waals surface area contributed by atoms with E-state index < -0.39 is 17.7 Å². The van der Waals surface area contributed by atoms with Gasteiger partial charge in [-0.2, -0.15) is 0 Å². The van der Waals surface area contributed by atoms with Gasteiger partial charge in [0.05, 0.1) is 13.0 Å². The maximum absolute atomic E-state index is 13.6. The summed E-state index contributed by atoms with van der Waals surface area (Å²) in [6, 6.07) is 3.13. The molecule has 0 fully saturated rings. The van der Waals surface area contributed by atoms with Crippen molar-refractivity contribution in [3.63, 3.8) is 0 Å². The van der Waals surface area contributed by atoms with Crippen molar-refractivity contribution in [1.29, 1.82) is 0 Å². The monoisotopic (exact) mass is 212 g/mol. The van der Waals surface area contributed by atoms with E-state index >= 15 is 0 Å². The molecule has 0 radical (unpaired) electrons. The molecule has 0 amide bonds. The summed E-state index contributed by atoms with van der Waals surface area (Å²) in [5.41, 5.74) is 0.793. The minimum atomic E-state index is -1.00. The van der Waals surface area contributed by atoms with Gasteiger partial charge in [0.2, 0.25) is 0 Å². The lowest BCUT2D eigenvalue weighted by Gasteiger charge is -2.13. The molecule has 0 bridgehead atoms. The molecule has 0 saturated carbocycles. The standard InChI is InChI=1S/C11H13FO3/c1-6-4-5-8(7(2)11(13)14)10(15-3)9(6)12/h4-5,7H,1-3H3,(H,13,14). The number of carbonyl (C=O) groups is 1. The molecule has 0 aliphatic rings. The Morgan fingerprint density at radius 2 is 2.13 bits per heavy atom. The van der Waals surface area contributed by atoms with E-state index in [-0.39, 0.29) is 5.75 Å². The van der Waals surface area contributed by atoms with E-state index in [1.807, 2.05) is 0 Å². The third-order valence-electron chi connectivity index (χ3n) is 2.36. The predicted octanol–water partition coefficient (Wildman–Crippen LogP) is 2.33. The minimum absolute atomic E-state index is 0.0184. The van der Waals surface area contributed by atoms with Gasteiger partial charge in [-0.1, -0.05) is 12.1 Å². The van der Waals surface area contributed by atoms with E-state index in [1.165, 1.54) is 14.0 Å². The first-order valence-electron chi connectivity index (χ1n) is 4.54. The van der Waals surface area contributed by atoms with E-state index in [0.29, 0.717) is 11.1 Å². The van der Waals surface area contributed by atoms with Gasteiger partial charge in [-0.05, 0) is 19.4 Å². The van der Waals surface area contributed by atoms with Gasteiger partial charge in [0, 0.05) is 5.56 Å². The molecular formula is C11H13FO3. The quantitative estimate of drug-likeness (QED) is 0.836. The van der Waals surface area contributed by atoms with Crippen LogP contribution in [-0.4, -0.2) is 18.2 Å². The van der Waals surface area contributed by atoms with E-state index in [1.54, 1.807) is 19.1 Å². The first-order valence-corrected chi connectivity index (χ1v) is 4.54. The van der Waals surface area contributed by atoms with Crippen LogP contribution in [0.2, 0.25) is 0 Å². The van der Waals surface area contributed by atoms with Crippen LogP contribution >= 0.6 is 0 Å². The Morgan fingerprint density at radius 3 is 2.60 bits per heavy atom. The normalized spacial score (nSPS) is 12.3. The lowest BCUT2D eigenvalue weighted by molar-refractivity contribution is -0.138. The van der Waals surface area contributed by atoms with Crippen molar-refractivity contribution >= 4 is 5.97 Å². The molecule has 0 heterocycles. The summed E-state index contributed by atoms with van der Waals surface area (Å²) in [7, 11) is 1.33. The Morgan fingerprint density at radius 1 is 1.53 bits per heavy atom. The van der Waals surface area contributed by atoms with Gasteiger partial charge >= 0.3 is 5.97 Å². The van der Waals surface area contributed by atoms with E-state index in [4.69, 9.17) is 9.84 Å². The van der Waals surface area contributed by atoms with Gasteiger partial charge in [-0.3, -0.25) is 4.79 Å². The van der Waals surface area contributed by atoms with Crippen LogP contribution < -0.4 is 4.74 Å². The largest absolute Gasteiger partial charge is 0.493 e. The summed E-state index contributed by atoms with van der Waals surface area (Å²) in [4.78, 5) is 10.8. The van der Waals surface area contributed by atoms with Gasteiger partial charge < -0.3 is 9.84 Å². The molecule has 1 aromatic rings. The van der Waals surface area contributed by atoms with Crippen molar-refractivity contribution in [2.45, 2.75) is 19.8 Å². The first kappa shape index (κ1) is 11.5. The minimum Gasteiger partial charge on any atom is -0.493 e. The van der Waals surface area contributed by atoms with Crippen LogP contribution in [0.25, 0.3) is 0 Å². The molecule has 1 unspecified atom stereocenters. The summed E-state index contributed by atoms with van der Waals surface area (Å²) in [5.74, 6) is -2.26. The Balaban J connectivity index is 3.30. The van der Waals surface area contributed by atoms with Crippen LogP contribution in [0.15, 0.2) is 12.1 Å². The molecule has 15 heavy (non-hydrogen) atoms. The molecule has 0 aliphatic heterocycles. The van der Waals surface area contributed by atoms with Crippen molar-refractivity contribution in [1.82, 2.24) is 0 Å². The lowest BCUT2D eigenvalue weighted by Crippen LogP contribution is -2.10.